The van der Waals surface area contributed by atoms with E-state index in [1.807, 2.05) is 65.4 Å². The second-order valence-electron chi connectivity index (χ2n) is 7.74. The number of urea groups is 1. The highest BCUT2D eigenvalue weighted by molar-refractivity contribution is 6.31. The number of carbonyl (C=O) groups is 3. The molecule has 0 bridgehead atoms. The van der Waals surface area contributed by atoms with E-state index in [1.54, 1.807) is 12.1 Å². The number of nitrogens with one attached hydrogen (secondary N) is 1. The molecule has 0 saturated carbocycles. The van der Waals surface area contributed by atoms with Gasteiger partial charge in [0.1, 0.15) is 23.7 Å². The normalized spacial score (nSPS) is 15.2. The summed E-state index contributed by atoms with van der Waals surface area (Å²) in [6.07, 6.45) is 4.86. The third-order valence-corrected chi connectivity index (χ3v) is 5.54. The number of fused-ring (bicyclic) bond motifs is 1. The zero-order valence-corrected chi connectivity index (χ0v) is 18.1. The molecular weight excluding hydrogens is 434 g/mol. The highest BCUT2D eigenvalue weighted by Crippen LogP contribution is 2.25. The number of barbiturate groups is 1. The van der Waals surface area contributed by atoms with Crippen molar-refractivity contribution in [3.05, 3.63) is 96.1 Å². The summed E-state index contributed by atoms with van der Waals surface area (Å²) in [4.78, 5) is 38.8. The van der Waals surface area contributed by atoms with Crippen LogP contribution in [0.3, 0.4) is 0 Å². The number of nitrogens with zero attached hydrogens (tertiary/aromatic N) is 2. The molecule has 1 fully saturated rings. The van der Waals surface area contributed by atoms with Gasteiger partial charge in [0.2, 0.25) is 0 Å². The van der Waals surface area contributed by atoms with Crippen LogP contribution >= 0.6 is 0 Å². The number of furan rings is 1. The number of hydrogen-bond donors (Lipinski definition) is 1. The maximum atomic E-state index is 13.1. The van der Waals surface area contributed by atoms with E-state index in [0.29, 0.717) is 24.5 Å². The molecule has 8 nitrogen and oxygen atoms in total. The van der Waals surface area contributed by atoms with E-state index in [1.165, 1.54) is 12.3 Å². The van der Waals surface area contributed by atoms with Crippen molar-refractivity contribution < 1.29 is 23.5 Å². The Bertz CT molecular complexity index is 1390. The maximum Gasteiger partial charge on any atom is 0.331 e. The summed E-state index contributed by atoms with van der Waals surface area (Å²) in [6.45, 7) is 0.951. The van der Waals surface area contributed by atoms with Gasteiger partial charge in [-0.25, -0.2) is 4.79 Å². The average Bonchev–Trinajstić information content (AvgIpc) is 3.48. The Labute approximate surface area is 195 Å². The molecule has 3 heterocycles. The quantitative estimate of drug-likeness (QED) is 0.336. The number of rotatable bonds is 7. The topological polar surface area (TPSA) is 93.8 Å². The predicted molar refractivity (Wildman–Crippen MR) is 125 cm³/mol. The SMILES string of the molecule is O=C1NC(=O)N(Cc2ccco2)C(=O)/C1=C\c1cn(CCOc2ccccc2)c2ccccc12. The van der Waals surface area contributed by atoms with Gasteiger partial charge in [-0.3, -0.25) is 19.8 Å². The van der Waals surface area contributed by atoms with E-state index in [4.69, 9.17) is 9.15 Å². The molecule has 2 aromatic carbocycles. The zero-order chi connectivity index (χ0) is 23.5. The van der Waals surface area contributed by atoms with Crippen molar-refractivity contribution in [2.24, 2.45) is 0 Å². The lowest BCUT2D eigenvalue weighted by Crippen LogP contribution is -2.53. The molecule has 0 aliphatic carbocycles. The summed E-state index contributed by atoms with van der Waals surface area (Å²) in [7, 11) is 0. The number of aromatic nitrogens is 1. The van der Waals surface area contributed by atoms with Crippen molar-refractivity contribution in [1.29, 1.82) is 0 Å². The average molecular weight is 455 g/mol. The first kappa shape index (κ1) is 21.3. The van der Waals surface area contributed by atoms with Crippen LogP contribution in [0.4, 0.5) is 4.79 Å². The van der Waals surface area contributed by atoms with Crippen molar-refractivity contribution in [1.82, 2.24) is 14.8 Å². The van der Waals surface area contributed by atoms with Crippen molar-refractivity contribution in [3.8, 4) is 5.75 Å². The Morgan fingerprint density at radius 2 is 1.74 bits per heavy atom. The Morgan fingerprint density at radius 1 is 0.941 bits per heavy atom. The molecule has 0 unspecified atom stereocenters. The Morgan fingerprint density at radius 3 is 2.53 bits per heavy atom. The molecule has 1 aliphatic rings. The molecule has 0 atom stereocenters. The van der Waals surface area contributed by atoms with Gasteiger partial charge in [0, 0.05) is 22.7 Å². The van der Waals surface area contributed by atoms with Crippen LogP contribution in [0.5, 0.6) is 5.75 Å². The molecule has 1 aliphatic heterocycles. The Kier molecular flexibility index (Phi) is 5.70. The van der Waals surface area contributed by atoms with Crippen molar-refractivity contribution >= 4 is 34.8 Å². The fraction of sp³-hybridized carbons (Fsp3) is 0.115. The summed E-state index contributed by atoms with van der Waals surface area (Å²) in [6, 6.07) is 19.8. The van der Waals surface area contributed by atoms with Crippen LogP contribution in [0.1, 0.15) is 11.3 Å². The Balaban J connectivity index is 1.42. The number of carbonyl (C=O) groups excluding carboxylic acids is 3. The lowest BCUT2D eigenvalue weighted by molar-refractivity contribution is -0.130. The summed E-state index contributed by atoms with van der Waals surface area (Å²) in [5, 5.41) is 3.12. The van der Waals surface area contributed by atoms with Gasteiger partial charge in [0.25, 0.3) is 11.8 Å². The number of hydrogen-bond acceptors (Lipinski definition) is 5. The van der Waals surface area contributed by atoms with E-state index >= 15 is 0 Å². The standard InChI is InChI=1S/C26H21N3O5/c30-24-22(25(31)29(26(32)27-24)17-20-9-6-13-33-20)15-18-16-28(23-11-5-4-10-21(18)23)12-14-34-19-7-2-1-3-8-19/h1-11,13,15-16H,12,14,17H2,(H,27,30,32)/b22-15-. The molecule has 4 amide bonds. The van der Waals surface area contributed by atoms with Crippen molar-refractivity contribution in [2.75, 3.05) is 6.61 Å². The Hall–Kier alpha value is -4.59. The van der Waals surface area contributed by atoms with Crippen molar-refractivity contribution in [3.63, 3.8) is 0 Å². The number of imide groups is 2. The van der Waals surface area contributed by atoms with Crippen LogP contribution in [0.15, 0.2) is 89.2 Å². The first-order valence-corrected chi connectivity index (χ1v) is 10.8. The summed E-state index contributed by atoms with van der Waals surface area (Å²) >= 11 is 0. The van der Waals surface area contributed by atoms with E-state index in [0.717, 1.165) is 21.6 Å². The van der Waals surface area contributed by atoms with Gasteiger partial charge in [0.15, 0.2) is 0 Å². The fourth-order valence-corrected chi connectivity index (χ4v) is 3.91. The lowest BCUT2D eigenvalue weighted by atomic mass is 10.1. The van der Waals surface area contributed by atoms with E-state index in [-0.39, 0.29) is 12.1 Å². The molecule has 0 spiro atoms. The molecule has 1 N–H and O–H groups in total. The monoisotopic (exact) mass is 455 g/mol. The molecular formula is C26H21N3O5. The largest absolute Gasteiger partial charge is 0.492 e. The van der Waals surface area contributed by atoms with E-state index in [2.05, 4.69) is 5.32 Å². The van der Waals surface area contributed by atoms with Gasteiger partial charge < -0.3 is 13.7 Å². The highest BCUT2D eigenvalue weighted by atomic mass is 16.5. The van der Waals surface area contributed by atoms with Gasteiger partial charge in [0.05, 0.1) is 19.4 Å². The minimum absolute atomic E-state index is 0.0686. The van der Waals surface area contributed by atoms with Crippen LogP contribution in [-0.2, 0) is 22.7 Å². The lowest BCUT2D eigenvalue weighted by Gasteiger charge is -2.25. The van der Waals surface area contributed by atoms with Gasteiger partial charge >= 0.3 is 6.03 Å². The van der Waals surface area contributed by atoms with Crippen LogP contribution in [0.2, 0.25) is 0 Å². The summed E-state index contributed by atoms with van der Waals surface area (Å²) in [5.74, 6) is -0.177. The predicted octanol–water partition coefficient (Wildman–Crippen LogP) is 3.98. The third kappa shape index (κ3) is 4.21. The van der Waals surface area contributed by atoms with E-state index in [9.17, 15) is 14.4 Å². The van der Waals surface area contributed by atoms with Crippen LogP contribution in [0.25, 0.3) is 17.0 Å². The number of amides is 4. The molecule has 2 aromatic heterocycles. The minimum Gasteiger partial charge on any atom is -0.492 e. The molecule has 8 heteroatoms. The second kappa shape index (κ2) is 9.11. The highest BCUT2D eigenvalue weighted by Gasteiger charge is 2.36. The second-order valence-corrected chi connectivity index (χ2v) is 7.74. The molecule has 5 rings (SSSR count). The third-order valence-electron chi connectivity index (χ3n) is 5.54. The summed E-state index contributed by atoms with van der Waals surface area (Å²) < 4.78 is 13.1. The maximum absolute atomic E-state index is 13.1. The van der Waals surface area contributed by atoms with Gasteiger partial charge in [-0.15, -0.1) is 0 Å². The molecule has 4 aromatic rings. The van der Waals surface area contributed by atoms with Crippen molar-refractivity contribution in [2.45, 2.75) is 13.1 Å². The fourth-order valence-electron chi connectivity index (χ4n) is 3.91. The smallest absolute Gasteiger partial charge is 0.331 e. The van der Waals surface area contributed by atoms with Gasteiger partial charge in [-0.05, 0) is 36.4 Å². The van der Waals surface area contributed by atoms with Crippen LogP contribution < -0.4 is 10.1 Å². The number of ether oxygens (including phenoxy) is 1. The molecule has 170 valence electrons. The first-order valence-electron chi connectivity index (χ1n) is 10.8. The number of para-hydroxylation sites is 2. The molecule has 0 radical (unpaired) electrons. The molecule has 34 heavy (non-hydrogen) atoms. The van der Waals surface area contributed by atoms with Crippen LogP contribution in [0, 0.1) is 0 Å². The zero-order valence-electron chi connectivity index (χ0n) is 18.1. The first-order chi connectivity index (χ1) is 16.6. The molecule has 1 saturated heterocycles. The van der Waals surface area contributed by atoms with Crippen LogP contribution in [-0.4, -0.2) is 33.9 Å². The van der Waals surface area contributed by atoms with Gasteiger partial charge in [-0.2, -0.15) is 0 Å². The van der Waals surface area contributed by atoms with Gasteiger partial charge in [-0.1, -0.05) is 36.4 Å². The number of benzene rings is 2. The summed E-state index contributed by atoms with van der Waals surface area (Å²) in [5.41, 5.74) is 1.52. The minimum atomic E-state index is -0.774. The van der Waals surface area contributed by atoms with E-state index < -0.39 is 17.8 Å².